The first kappa shape index (κ1) is 14.8. The van der Waals surface area contributed by atoms with E-state index in [2.05, 4.69) is 24.5 Å². The summed E-state index contributed by atoms with van der Waals surface area (Å²) in [5.41, 5.74) is 0. The van der Waals surface area contributed by atoms with E-state index in [1.54, 1.807) is 0 Å². The van der Waals surface area contributed by atoms with Crippen LogP contribution in [0.5, 0.6) is 0 Å². The van der Waals surface area contributed by atoms with Gasteiger partial charge in [-0.3, -0.25) is 4.79 Å². The van der Waals surface area contributed by atoms with Crippen molar-refractivity contribution in [1.82, 2.24) is 10.6 Å². The van der Waals surface area contributed by atoms with Crippen molar-refractivity contribution in [1.29, 1.82) is 0 Å². The van der Waals surface area contributed by atoms with Gasteiger partial charge in [0.15, 0.2) is 0 Å². The predicted molar refractivity (Wildman–Crippen MR) is 78.9 cm³/mol. The van der Waals surface area contributed by atoms with Gasteiger partial charge in [0.05, 0.1) is 5.92 Å². The molecule has 3 heteroatoms. The minimum Gasteiger partial charge on any atom is -0.356 e. The summed E-state index contributed by atoms with van der Waals surface area (Å²) in [5, 5.41) is 6.50. The minimum atomic E-state index is 0.190. The van der Waals surface area contributed by atoms with Crippen LogP contribution < -0.4 is 10.6 Å². The number of carbonyl (C=O) groups excluding carboxylic acids is 1. The van der Waals surface area contributed by atoms with Crippen molar-refractivity contribution in [3.63, 3.8) is 0 Å². The van der Waals surface area contributed by atoms with E-state index in [0.29, 0.717) is 5.92 Å². The average molecular weight is 266 g/mol. The topological polar surface area (TPSA) is 41.1 Å². The summed E-state index contributed by atoms with van der Waals surface area (Å²) in [4.78, 5) is 12.1. The number of rotatable bonds is 4. The zero-order valence-corrected chi connectivity index (χ0v) is 12.6. The molecule has 2 aliphatic rings. The lowest BCUT2D eigenvalue weighted by molar-refractivity contribution is -0.125. The van der Waals surface area contributed by atoms with Gasteiger partial charge >= 0.3 is 0 Å². The molecule has 0 aromatic rings. The molecule has 2 fully saturated rings. The standard InChI is InChI=1S/C16H30N2O/c1-12-3-5-14(6-4-12)7-8-18-16(19)15-9-13(2)10-17-11-15/h12-15,17H,3-11H2,1-2H3,(H,18,19). The maximum absolute atomic E-state index is 12.1. The second kappa shape index (κ2) is 7.28. The smallest absolute Gasteiger partial charge is 0.224 e. The lowest BCUT2D eigenvalue weighted by atomic mass is 9.81. The molecule has 0 aromatic carbocycles. The Kier molecular flexibility index (Phi) is 5.68. The van der Waals surface area contributed by atoms with Crippen LogP contribution in [0.15, 0.2) is 0 Å². The Hall–Kier alpha value is -0.570. The normalized spacial score (nSPS) is 35.9. The molecule has 0 aromatic heterocycles. The zero-order valence-electron chi connectivity index (χ0n) is 12.6. The van der Waals surface area contributed by atoms with Crippen LogP contribution in [-0.2, 0) is 4.79 Å². The summed E-state index contributed by atoms with van der Waals surface area (Å²) in [7, 11) is 0. The summed E-state index contributed by atoms with van der Waals surface area (Å²) in [6.45, 7) is 7.37. The van der Waals surface area contributed by atoms with Gasteiger partial charge in [0.1, 0.15) is 0 Å². The van der Waals surface area contributed by atoms with Crippen LogP contribution in [0.25, 0.3) is 0 Å². The summed E-state index contributed by atoms with van der Waals surface area (Å²) in [6.07, 6.45) is 7.69. The van der Waals surface area contributed by atoms with Crippen molar-refractivity contribution in [3.8, 4) is 0 Å². The van der Waals surface area contributed by atoms with Gasteiger partial charge in [-0.2, -0.15) is 0 Å². The molecule has 1 saturated heterocycles. The molecule has 1 saturated carbocycles. The Morgan fingerprint density at radius 2 is 1.84 bits per heavy atom. The summed E-state index contributed by atoms with van der Waals surface area (Å²) < 4.78 is 0. The summed E-state index contributed by atoms with van der Waals surface area (Å²) in [5.74, 6) is 2.85. The highest BCUT2D eigenvalue weighted by molar-refractivity contribution is 5.78. The minimum absolute atomic E-state index is 0.190. The Balaban J connectivity index is 1.61. The number of nitrogens with one attached hydrogen (secondary N) is 2. The number of carbonyl (C=O) groups is 1. The van der Waals surface area contributed by atoms with Crippen molar-refractivity contribution in [2.24, 2.45) is 23.7 Å². The highest BCUT2D eigenvalue weighted by Crippen LogP contribution is 2.29. The number of hydrogen-bond acceptors (Lipinski definition) is 2. The van der Waals surface area contributed by atoms with E-state index >= 15 is 0 Å². The van der Waals surface area contributed by atoms with Crippen LogP contribution in [0, 0.1) is 23.7 Å². The van der Waals surface area contributed by atoms with E-state index in [0.717, 1.165) is 37.9 Å². The van der Waals surface area contributed by atoms with E-state index in [-0.39, 0.29) is 11.8 Å². The van der Waals surface area contributed by atoms with E-state index in [4.69, 9.17) is 0 Å². The molecule has 0 radical (unpaired) electrons. The van der Waals surface area contributed by atoms with Gasteiger partial charge in [0.25, 0.3) is 0 Å². The lowest BCUT2D eigenvalue weighted by Crippen LogP contribution is -2.43. The molecule has 110 valence electrons. The molecule has 1 aliphatic carbocycles. The number of amides is 1. The third-order valence-electron chi connectivity index (χ3n) is 4.93. The molecule has 19 heavy (non-hydrogen) atoms. The Morgan fingerprint density at radius 3 is 2.53 bits per heavy atom. The molecular weight excluding hydrogens is 236 g/mol. The van der Waals surface area contributed by atoms with Crippen molar-refractivity contribution < 1.29 is 4.79 Å². The van der Waals surface area contributed by atoms with Crippen LogP contribution in [0.4, 0.5) is 0 Å². The first-order chi connectivity index (χ1) is 9.15. The Labute approximate surface area is 117 Å². The Morgan fingerprint density at radius 1 is 1.11 bits per heavy atom. The van der Waals surface area contributed by atoms with E-state index < -0.39 is 0 Å². The highest BCUT2D eigenvalue weighted by atomic mass is 16.1. The lowest BCUT2D eigenvalue weighted by Gasteiger charge is -2.28. The molecule has 1 aliphatic heterocycles. The summed E-state index contributed by atoms with van der Waals surface area (Å²) in [6, 6.07) is 0. The van der Waals surface area contributed by atoms with Crippen molar-refractivity contribution in [2.75, 3.05) is 19.6 Å². The van der Waals surface area contributed by atoms with Gasteiger partial charge in [0.2, 0.25) is 5.91 Å². The van der Waals surface area contributed by atoms with Gasteiger partial charge in [-0.25, -0.2) is 0 Å². The highest BCUT2D eigenvalue weighted by Gasteiger charge is 2.25. The average Bonchev–Trinajstić information content (AvgIpc) is 2.41. The first-order valence-corrected chi connectivity index (χ1v) is 8.13. The van der Waals surface area contributed by atoms with Gasteiger partial charge in [-0.1, -0.05) is 39.5 Å². The number of hydrogen-bond donors (Lipinski definition) is 2. The molecule has 2 atom stereocenters. The maximum atomic E-state index is 12.1. The second-order valence-electron chi connectivity index (χ2n) is 6.90. The van der Waals surface area contributed by atoms with Crippen molar-refractivity contribution >= 4 is 5.91 Å². The SMILES string of the molecule is CC1CCC(CCNC(=O)C2CNCC(C)C2)CC1. The molecule has 1 heterocycles. The quantitative estimate of drug-likeness (QED) is 0.821. The fraction of sp³-hybridized carbons (Fsp3) is 0.938. The monoisotopic (exact) mass is 266 g/mol. The molecular formula is C16H30N2O. The van der Waals surface area contributed by atoms with Gasteiger partial charge in [-0.15, -0.1) is 0 Å². The van der Waals surface area contributed by atoms with Crippen molar-refractivity contribution in [3.05, 3.63) is 0 Å². The van der Waals surface area contributed by atoms with Crippen molar-refractivity contribution in [2.45, 2.75) is 52.4 Å². The number of piperidine rings is 1. The molecule has 0 bridgehead atoms. The van der Waals surface area contributed by atoms with E-state index in [1.807, 2.05) is 0 Å². The third kappa shape index (κ3) is 4.79. The largest absolute Gasteiger partial charge is 0.356 e. The molecule has 1 amide bonds. The zero-order chi connectivity index (χ0) is 13.7. The molecule has 2 unspecified atom stereocenters. The van der Waals surface area contributed by atoms with Crippen LogP contribution >= 0.6 is 0 Å². The third-order valence-corrected chi connectivity index (χ3v) is 4.93. The van der Waals surface area contributed by atoms with E-state index in [9.17, 15) is 4.79 Å². The molecule has 2 N–H and O–H groups in total. The van der Waals surface area contributed by atoms with Gasteiger partial charge in [0, 0.05) is 13.1 Å². The molecule has 0 spiro atoms. The van der Waals surface area contributed by atoms with Crippen LogP contribution in [0.2, 0.25) is 0 Å². The van der Waals surface area contributed by atoms with E-state index in [1.165, 1.54) is 32.1 Å². The Bertz CT molecular complexity index is 284. The first-order valence-electron chi connectivity index (χ1n) is 8.13. The van der Waals surface area contributed by atoms with Gasteiger partial charge in [-0.05, 0) is 37.1 Å². The van der Waals surface area contributed by atoms with Gasteiger partial charge < -0.3 is 10.6 Å². The maximum Gasteiger partial charge on any atom is 0.224 e. The fourth-order valence-corrected chi connectivity index (χ4v) is 3.52. The predicted octanol–water partition coefficient (Wildman–Crippen LogP) is 2.56. The second-order valence-corrected chi connectivity index (χ2v) is 6.90. The fourth-order valence-electron chi connectivity index (χ4n) is 3.52. The van der Waals surface area contributed by atoms with Crippen LogP contribution in [0.3, 0.4) is 0 Å². The summed E-state index contributed by atoms with van der Waals surface area (Å²) >= 11 is 0. The van der Waals surface area contributed by atoms with Crippen LogP contribution in [0.1, 0.15) is 52.4 Å². The molecule has 3 nitrogen and oxygen atoms in total. The molecule has 2 rings (SSSR count). The van der Waals surface area contributed by atoms with Crippen LogP contribution in [-0.4, -0.2) is 25.5 Å².